The molecule has 0 radical (unpaired) electrons. The van der Waals surface area contributed by atoms with Gasteiger partial charge in [0.25, 0.3) is 0 Å². The number of rotatable bonds is 6. The van der Waals surface area contributed by atoms with Gasteiger partial charge in [-0.15, -0.1) is 0 Å². The number of hydrogen-bond acceptors (Lipinski definition) is 3. The van der Waals surface area contributed by atoms with Gasteiger partial charge >= 0.3 is 0 Å². The second-order valence-corrected chi connectivity index (χ2v) is 7.70. The lowest BCUT2D eigenvalue weighted by Gasteiger charge is -2.38. The second-order valence-electron chi connectivity index (χ2n) is 6.01. The van der Waals surface area contributed by atoms with E-state index in [1.807, 2.05) is 13.8 Å². The highest BCUT2D eigenvalue weighted by Gasteiger charge is 2.36. The first-order valence-corrected chi connectivity index (χ1v) is 8.79. The molecular formula is C15H23FN2O2S. The average Bonchev–Trinajstić information content (AvgIpc) is 2.38. The molecule has 0 aliphatic heterocycles. The summed E-state index contributed by atoms with van der Waals surface area (Å²) in [5.41, 5.74) is 0.378. The van der Waals surface area contributed by atoms with Gasteiger partial charge in [0.05, 0.1) is 4.90 Å². The van der Waals surface area contributed by atoms with Gasteiger partial charge in [-0.05, 0) is 57.4 Å². The summed E-state index contributed by atoms with van der Waals surface area (Å²) < 4.78 is 41.8. The van der Waals surface area contributed by atoms with Crippen LogP contribution in [0.5, 0.6) is 0 Å². The van der Waals surface area contributed by atoms with Crippen molar-refractivity contribution in [1.29, 1.82) is 0 Å². The Morgan fingerprint density at radius 3 is 2.52 bits per heavy atom. The summed E-state index contributed by atoms with van der Waals surface area (Å²) in [7, 11) is -3.61. The Morgan fingerprint density at radius 2 is 2.00 bits per heavy atom. The molecular weight excluding hydrogens is 291 g/mol. The van der Waals surface area contributed by atoms with Crippen LogP contribution in [-0.4, -0.2) is 20.5 Å². The van der Waals surface area contributed by atoms with E-state index in [0.717, 1.165) is 19.3 Å². The quantitative estimate of drug-likeness (QED) is 0.848. The highest BCUT2D eigenvalue weighted by Crippen LogP contribution is 2.33. The molecule has 1 aromatic carbocycles. The van der Waals surface area contributed by atoms with Crippen molar-refractivity contribution in [3.05, 3.63) is 29.1 Å². The molecule has 6 heteroatoms. The van der Waals surface area contributed by atoms with E-state index < -0.39 is 10.0 Å². The minimum atomic E-state index is -3.61. The van der Waals surface area contributed by atoms with Crippen molar-refractivity contribution in [2.75, 3.05) is 6.54 Å². The maximum atomic E-state index is 14.1. The first-order valence-electron chi connectivity index (χ1n) is 7.31. The van der Waals surface area contributed by atoms with Gasteiger partial charge in [-0.25, -0.2) is 17.5 Å². The van der Waals surface area contributed by atoms with E-state index in [1.165, 1.54) is 12.1 Å². The maximum Gasteiger partial charge on any atom is 0.241 e. The molecule has 0 spiro atoms. The van der Waals surface area contributed by atoms with Crippen molar-refractivity contribution < 1.29 is 12.8 Å². The Morgan fingerprint density at radius 1 is 1.33 bits per heavy atom. The third-order valence-corrected chi connectivity index (χ3v) is 5.63. The molecule has 4 nitrogen and oxygen atoms in total. The van der Waals surface area contributed by atoms with Crippen molar-refractivity contribution in [3.8, 4) is 0 Å². The van der Waals surface area contributed by atoms with Crippen LogP contribution in [0.1, 0.15) is 44.2 Å². The summed E-state index contributed by atoms with van der Waals surface area (Å²) in [6.07, 6.45) is 2.72. The lowest BCUT2D eigenvalue weighted by molar-refractivity contribution is 0.248. The fourth-order valence-corrected chi connectivity index (χ4v) is 4.14. The largest absolute Gasteiger partial charge is 0.313 e. The molecule has 0 bridgehead atoms. The molecule has 21 heavy (non-hydrogen) atoms. The Bertz CT molecular complexity index is 625. The Labute approximate surface area is 126 Å². The average molecular weight is 314 g/mol. The van der Waals surface area contributed by atoms with Gasteiger partial charge in [0.1, 0.15) is 5.82 Å². The molecule has 1 fully saturated rings. The lowest BCUT2D eigenvalue weighted by atomic mass is 9.80. The molecule has 0 saturated heterocycles. The van der Waals surface area contributed by atoms with E-state index in [1.54, 1.807) is 6.92 Å². The number of nitrogens with one attached hydrogen (secondary N) is 2. The molecule has 118 valence electrons. The van der Waals surface area contributed by atoms with Crippen LogP contribution in [0, 0.1) is 12.7 Å². The first kappa shape index (κ1) is 16.4. The normalized spacial score (nSPS) is 17.5. The zero-order chi connectivity index (χ0) is 15.7. The number of hydrogen-bond donors (Lipinski definition) is 2. The van der Waals surface area contributed by atoms with Crippen molar-refractivity contribution in [1.82, 2.24) is 10.0 Å². The monoisotopic (exact) mass is 314 g/mol. The van der Waals surface area contributed by atoms with E-state index in [-0.39, 0.29) is 16.3 Å². The van der Waals surface area contributed by atoms with Gasteiger partial charge in [0.2, 0.25) is 10.0 Å². The van der Waals surface area contributed by atoms with E-state index in [9.17, 15) is 12.8 Å². The van der Waals surface area contributed by atoms with Gasteiger partial charge in [-0.3, -0.25) is 0 Å². The topological polar surface area (TPSA) is 58.2 Å². The van der Waals surface area contributed by atoms with E-state index >= 15 is 0 Å². The van der Waals surface area contributed by atoms with Crippen LogP contribution >= 0.6 is 0 Å². The number of halogens is 1. The molecule has 2 rings (SSSR count). The molecule has 0 atom stereocenters. The lowest BCUT2D eigenvalue weighted by Crippen LogP contribution is -2.50. The van der Waals surface area contributed by atoms with Crippen LogP contribution in [-0.2, 0) is 16.6 Å². The molecule has 1 aliphatic carbocycles. The fourth-order valence-electron chi connectivity index (χ4n) is 2.54. The third kappa shape index (κ3) is 3.62. The van der Waals surface area contributed by atoms with Crippen LogP contribution < -0.4 is 10.0 Å². The molecule has 0 aromatic heterocycles. The highest BCUT2D eigenvalue weighted by molar-refractivity contribution is 7.89. The van der Waals surface area contributed by atoms with Crippen molar-refractivity contribution in [2.24, 2.45) is 0 Å². The smallest absolute Gasteiger partial charge is 0.241 e. The van der Waals surface area contributed by atoms with Gasteiger partial charge < -0.3 is 5.32 Å². The highest BCUT2D eigenvalue weighted by atomic mass is 32.2. The van der Waals surface area contributed by atoms with Crippen LogP contribution in [0.15, 0.2) is 17.0 Å². The Kier molecular flexibility index (Phi) is 4.70. The zero-order valence-corrected chi connectivity index (χ0v) is 13.6. The van der Waals surface area contributed by atoms with Gasteiger partial charge in [0, 0.05) is 17.6 Å². The van der Waals surface area contributed by atoms with Crippen molar-refractivity contribution in [2.45, 2.75) is 57.0 Å². The molecule has 1 saturated carbocycles. The minimum Gasteiger partial charge on any atom is -0.313 e. The zero-order valence-electron chi connectivity index (χ0n) is 12.8. The molecule has 1 aromatic rings. The van der Waals surface area contributed by atoms with Gasteiger partial charge in [-0.2, -0.15) is 0 Å². The summed E-state index contributed by atoms with van der Waals surface area (Å²) in [5, 5.41) is 3.03. The third-order valence-electron chi connectivity index (χ3n) is 4.02. The SMILES string of the molecule is CCNCc1cc(S(=O)(=O)NC2(C)CCC2)cc(C)c1F. The number of sulfonamides is 1. The number of benzene rings is 1. The summed E-state index contributed by atoms with van der Waals surface area (Å²) in [4.78, 5) is 0.141. The van der Waals surface area contributed by atoms with Crippen LogP contribution in [0.25, 0.3) is 0 Å². The molecule has 0 amide bonds. The first-order chi connectivity index (χ1) is 9.77. The maximum absolute atomic E-state index is 14.1. The summed E-state index contributed by atoms with van der Waals surface area (Å²) >= 11 is 0. The van der Waals surface area contributed by atoms with E-state index in [4.69, 9.17) is 0 Å². The van der Waals surface area contributed by atoms with E-state index in [0.29, 0.717) is 24.2 Å². The van der Waals surface area contributed by atoms with Gasteiger partial charge in [-0.1, -0.05) is 6.92 Å². The Hall–Kier alpha value is -0.980. The summed E-state index contributed by atoms with van der Waals surface area (Å²) in [6, 6.07) is 2.82. The Balaban J connectivity index is 2.32. The van der Waals surface area contributed by atoms with Crippen LogP contribution in [0.3, 0.4) is 0 Å². The number of aryl methyl sites for hydroxylation is 1. The van der Waals surface area contributed by atoms with Gasteiger partial charge in [0.15, 0.2) is 0 Å². The molecule has 1 aliphatic rings. The predicted molar refractivity (Wildman–Crippen MR) is 81.1 cm³/mol. The molecule has 0 heterocycles. The molecule has 2 N–H and O–H groups in total. The van der Waals surface area contributed by atoms with Crippen LogP contribution in [0.2, 0.25) is 0 Å². The second kappa shape index (κ2) is 6.02. The minimum absolute atomic E-state index is 0.141. The summed E-state index contributed by atoms with van der Waals surface area (Å²) in [6.45, 7) is 6.44. The van der Waals surface area contributed by atoms with E-state index in [2.05, 4.69) is 10.0 Å². The summed E-state index contributed by atoms with van der Waals surface area (Å²) in [5.74, 6) is -0.343. The molecule has 0 unspecified atom stereocenters. The van der Waals surface area contributed by atoms with Crippen LogP contribution in [0.4, 0.5) is 4.39 Å². The fraction of sp³-hybridized carbons (Fsp3) is 0.600. The van der Waals surface area contributed by atoms with Crippen molar-refractivity contribution >= 4 is 10.0 Å². The standard InChI is InChI=1S/C15H23FN2O2S/c1-4-17-10-12-9-13(8-11(2)14(12)16)21(19,20)18-15(3)6-5-7-15/h8-9,17-18H,4-7,10H2,1-3H3. The predicted octanol–water partition coefficient (Wildman–Crippen LogP) is 2.46. The van der Waals surface area contributed by atoms with Crippen molar-refractivity contribution in [3.63, 3.8) is 0 Å².